The minimum absolute atomic E-state index is 0.00606. The molecule has 3 rings (SSSR count). The summed E-state index contributed by atoms with van der Waals surface area (Å²) < 4.78 is 12.1. The van der Waals surface area contributed by atoms with Crippen LogP contribution in [0, 0.1) is 0 Å². The monoisotopic (exact) mass is 432 g/mol. The smallest absolute Gasteiger partial charge is 0.236 e. The third-order valence-electron chi connectivity index (χ3n) is 4.76. The second kappa shape index (κ2) is 9.35. The molecule has 0 radical (unpaired) electrons. The predicted octanol–water partition coefficient (Wildman–Crippen LogP) is 3.49. The lowest BCUT2D eigenvalue weighted by molar-refractivity contribution is -0.133. The fraction of sp³-hybridized carbons (Fsp3) is 0.381. The Labute approximate surface area is 169 Å². The molecule has 1 aliphatic heterocycles. The summed E-state index contributed by atoms with van der Waals surface area (Å²) in [5, 5.41) is 0. The maximum Gasteiger partial charge on any atom is 0.236 e. The van der Waals surface area contributed by atoms with Crippen LogP contribution in [0.2, 0.25) is 0 Å². The summed E-state index contributed by atoms with van der Waals surface area (Å²) in [7, 11) is 3.49. The van der Waals surface area contributed by atoms with Gasteiger partial charge in [-0.3, -0.25) is 9.69 Å². The van der Waals surface area contributed by atoms with Crippen molar-refractivity contribution in [3.63, 3.8) is 0 Å². The first-order valence-electron chi connectivity index (χ1n) is 9.01. The molecule has 27 heavy (non-hydrogen) atoms. The zero-order chi connectivity index (χ0) is 19.2. The second-order valence-electron chi connectivity index (χ2n) is 6.74. The van der Waals surface area contributed by atoms with Gasteiger partial charge in [0.25, 0.3) is 0 Å². The lowest BCUT2D eigenvalue weighted by atomic mass is 10.1. The molecule has 0 bridgehead atoms. The fourth-order valence-corrected chi connectivity index (χ4v) is 3.39. The number of amides is 1. The molecule has 2 aromatic carbocycles. The molecule has 1 amide bonds. The van der Waals surface area contributed by atoms with Gasteiger partial charge in [0.1, 0.15) is 5.75 Å². The largest absolute Gasteiger partial charge is 0.497 e. The summed E-state index contributed by atoms with van der Waals surface area (Å²) in [5.41, 5.74) is 2.23. The van der Waals surface area contributed by atoms with Crippen LogP contribution in [0.1, 0.15) is 17.2 Å². The summed E-state index contributed by atoms with van der Waals surface area (Å²) >= 11 is 3.46. The fourth-order valence-electron chi connectivity index (χ4n) is 3.13. The zero-order valence-electron chi connectivity index (χ0n) is 15.7. The highest BCUT2D eigenvalue weighted by molar-refractivity contribution is 9.10. The number of halogens is 1. The third kappa shape index (κ3) is 5.54. The molecule has 0 saturated carbocycles. The number of ether oxygens (including phenoxy) is 2. The number of benzene rings is 2. The van der Waals surface area contributed by atoms with Crippen LogP contribution in [-0.4, -0.2) is 56.1 Å². The molecule has 5 nitrogen and oxygen atoms in total. The van der Waals surface area contributed by atoms with Crippen LogP contribution < -0.4 is 4.74 Å². The van der Waals surface area contributed by atoms with E-state index in [-0.39, 0.29) is 12.0 Å². The summed E-state index contributed by atoms with van der Waals surface area (Å²) in [6.45, 7) is 3.13. The molecule has 2 aromatic rings. The van der Waals surface area contributed by atoms with Gasteiger partial charge in [-0.15, -0.1) is 0 Å². The molecule has 0 spiro atoms. The van der Waals surface area contributed by atoms with Crippen LogP contribution in [0.4, 0.5) is 0 Å². The van der Waals surface area contributed by atoms with Gasteiger partial charge in [-0.2, -0.15) is 0 Å². The van der Waals surface area contributed by atoms with E-state index >= 15 is 0 Å². The first-order valence-corrected chi connectivity index (χ1v) is 9.81. The van der Waals surface area contributed by atoms with Crippen molar-refractivity contribution in [3.8, 4) is 5.75 Å². The van der Waals surface area contributed by atoms with Crippen LogP contribution in [0.3, 0.4) is 0 Å². The molecule has 6 heteroatoms. The van der Waals surface area contributed by atoms with E-state index in [1.165, 1.54) is 0 Å². The van der Waals surface area contributed by atoms with Gasteiger partial charge in [0.15, 0.2) is 0 Å². The van der Waals surface area contributed by atoms with Crippen molar-refractivity contribution in [2.24, 2.45) is 0 Å². The minimum atomic E-state index is 0.00606. The standard InChI is InChI=1S/C21H25BrN2O3/c1-23(13-16-3-9-19(26-2)10-4-16)21(25)15-24-11-12-27-20(14-24)17-5-7-18(22)8-6-17/h3-10,20H,11-15H2,1-2H3/t20-/m0/s1. The highest BCUT2D eigenvalue weighted by Crippen LogP contribution is 2.24. The topological polar surface area (TPSA) is 42.0 Å². The lowest BCUT2D eigenvalue weighted by Gasteiger charge is -2.33. The van der Waals surface area contributed by atoms with Crippen molar-refractivity contribution >= 4 is 21.8 Å². The predicted molar refractivity (Wildman–Crippen MR) is 109 cm³/mol. The number of rotatable bonds is 6. The van der Waals surface area contributed by atoms with Crippen LogP contribution in [0.5, 0.6) is 5.75 Å². The first-order chi connectivity index (χ1) is 13.0. The van der Waals surface area contributed by atoms with E-state index in [0.29, 0.717) is 19.7 Å². The van der Waals surface area contributed by atoms with E-state index in [1.54, 1.807) is 12.0 Å². The molecule has 1 heterocycles. The summed E-state index contributed by atoms with van der Waals surface area (Å²) in [4.78, 5) is 16.6. The van der Waals surface area contributed by atoms with Gasteiger partial charge in [-0.1, -0.05) is 40.2 Å². The van der Waals surface area contributed by atoms with Gasteiger partial charge in [-0.05, 0) is 35.4 Å². The summed E-state index contributed by atoms with van der Waals surface area (Å²) in [6, 6.07) is 16.0. The maximum atomic E-state index is 12.6. The van der Waals surface area contributed by atoms with Crippen molar-refractivity contribution in [3.05, 3.63) is 64.1 Å². The quantitative estimate of drug-likeness (QED) is 0.700. The summed E-state index contributed by atoms with van der Waals surface area (Å²) in [5.74, 6) is 0.933. The van der Waals surface area contributed by atoms with Gasteiger partial charge in [0.05, 0.1) is 26.4 Å². The average Bonchev–Trinajstić information content (AvgIpc) is 2.69. The Balaban J connectivity index is 1.53. The van der Waals surface area contributed by atoms with Gasteiger partial charge < -0.3 is 14.4 Å². The number of hydrogen-bond acceptors (Lipinski definition) is 4. The van der Waals surface area contributed by atoms with E-state index in [2.05, 4.69) is 33.0 Å². The van der Waals surface area contributed by atoms with Crippen LogP contribution in [0.25, 0.3) is 0 Å². The van der Waals surface area contributed by atoms with Crippen molar-refractivity contribution in [2.75, 3.05) is 40.4 Å². The molecule has 0 aromatic heterocycles. The number of hydrogen-bond donors (Lipinski definition) is 0. The van der Waals surface area contributed by atoms with Crippen LogP contribution in [0.15, 0.2) is 53.0 Å². The van der Waals surface area contributed by atoms with Gasteiger partial charge >= 0.3 is 0 Å². The van der Waals surface area contributed by atoms with E-state index < -0.39 is 0 Å². The lowest BCUT2D eigenvalue weighted by Crippen LogP contribution is -2.44. The molecule has 0 aliphatic carbocycles. The Bertz CT molecular complexity index is 749. The van der Waals surface area contributed by atoms with E-state index in [4.69, 9.17) is 9.47 Å². The Morgan fingerprint density at radius 1 is 1.22 bits per heavy atom. The molecular weight excluding hydrogens is 408 g/mol. The Kier molecular flexibility index (Phi) is 6.88. The van der Waals surface area contributed by atoms with Crippen molar-refractivity contribution in [1.82, 2.24) is 9.80 Å². The number of methoxy groups -OCH3 is 1. The molecule has 0 unspecified atom stereocenters. The van der Waals surface area contributed by atoms with Crippen LogP contribution in [-0.2, 0) is 16.1 Å². The number of nitrogens with zero attached hydrogens (tertiary/aromatic N) is 2. The molecule has 1 atom stereocenters. The third-order valence-corrected chi connectivity index (χ3v) is 5.28. The second-order valence-corrected chi connectivity index (χ2v) is 7.66. The molecule has 0 N–H and O–H groups in total. The molecular formula is C21H25BrN2O3. The van der Waals surface area contributed by atoms with Gasteiger partial charge in [0, 0.05) is 31.2 Å². The number of morpholine rings is 1. The maximum absolute atomic E-state index is 12.6. The van der Waals surface area contributed by atoms with E-state index in [9.17, 15) is 4.79 Å². The van der Waals surface area contributed by atoms with Gasteiger partial charge in [0.2, 0.25) is 5.91 Å². The SMILES string of the molecule is COc1ccc(CN(C)C(=O)CN2CCO[C@H](c3ccc(Br)cc3)C2)cc1. The van der Waals surface area contributed by atoms with Gasteiger partial charge in [-0.25, -0.2) is 0 Å². The Morgan fingerprint density at radius 2 is 1.93 bits per heavy atom. The zero-order valence-corrected chi connectivity index (χ0v) is 17.3. The molecule has 1 saturated heterocycles. The van der Waals surface area contributed by atoms with Crippen molar-refractivity contribution in [1.29, 1.82) is 0 Å². The normalized spacial score (nSPS) is 17.5. The number of likely N-dealkylation sites (N-methyl/N-ethyl adjacent to an activating group) is 1. The average molecular weight is 433 g/mol. The highest BCUT2D eigenvalue weighted by atomic mass is 79.9. The molecule has 1 fully saturated rings. The Hall–Kier alpha value is -1.89. The van der Waals surface area contributed by atoms with E-state index in [1.807, 2.05) is 43.4 Å². The number of carbonyl (C=O) groups is 1. The highest BCUT2D eigenvalue weighted by Gasteiger charge is 2.24. The van der Waals surface area contributed by atoms with Crippen LogP contribution >= 0.6 is 15.9 Å². The van der Waals surface area contributed by atoms with Crippen molar-refractivity contribution < 1.29 is 14.3 Å². The van der Waals surface area contributed by atoms with E-state index in [0.717, 1.165) is 34.4 Å². The molecule has 144 valence electrons. The minimum Gasteiger partial charge on any atom is -0.497 e. The van der Waals surface area contributed by atoms with Crippen molar-refractivity contribution in [2.45, 2.75) is 12.6 Å². The molecule has 1 aliphatic rings. The first kappa shape index (κ1) is 19.9. The Morgan fingerprint density at radius 3 is 2.59 bits per heavy atom. The number of carbonyl (C=O) groups excluding carboxylic acids is 1. The summed E-state index contributed by atoms with van der Waals surface area (Å²) in [6.07, 6.45) is 0.00606.